The number of thiazole rings is 1. The van der Waals surface area contributed by atoms with E-state index in [4.69, 9.17) is 4.98 Å². The molecule has 1 heterocycles. The third-order valence-corrected chi connectivity index (χ3v) is 5.42. The summed E-state index contributed by atoms with van der Waals surface area (Å²) in [4.78, 5) is 6.41. The molecule has 112 valence electrons. The van der Waals surface area contributed by atoms with Crippen LogP contribution in [-0.2, 0) is 6.54 Å². The van der Waals surface area contributed by atoms with Crippen LogP contribution in [0.1, 0.15) is 48.2 Å². The van der Waals surface area contributed by atoms with Crippen molar-refractivity contribution in [1.29, 1.82) is 0 Å². The molecule has 0 amide bonds. The highest BCUT2D eigenvalue weighted by atomic mass is 79.9. The van der Waals surface area contributed by atoms with Crippen LogP contribution >= 0.6 is 27.3 Å². The average molecular weight is 365 g/mol. The first-order valence-electron chi connectivity index (χ1n) is 7.66. The van der Waals surface area contributed by atoms with Crippen molar-refractivity contribution in [2.24, 2.45) is 0 Å². The summed E-state index contributed by atoms with van der Waals surface area (Å²) in [6.45, 7) is 6.41. The van der Waals surface area contributed by atoms with Gasteiger partial charge in [-0.3, -0.25) is 0 Å². The summed E-state index contributed by atoms with van der Waals surface area (Å²) in [5.41, 5.74) is 3.90. The molecular weight excluding hydrogens is 344 g/mol. The molecule has 1 saturated carbocycles. The second-order valence-corrected chi connectivity index (χ2v) is 7.74. The Bertz CT molecular complexity index is 632. The van der Waals surface area contributed by atoms with E-state index in [0.29, 0.717) is 5.92 Å². The summed E-state index contributed by atoms with van der Waals surface area (Å²) >= 11 is 5.40. The lowest BCUT2D eigenvalue weighted by atomic mass is 10.1. The van der Waals surface area contributed by atoms with Crippen molar-refractivity contribution in [3.63, 3.8) is 0 Å². The third kappa shape index (κ3) is 3.55. The van der Waals surface area contributed by atoms with E-state index in [1.54, 1.807) is 0 Å². The fraction of sp³-hybridized carbons (Fsp3) is 0.471. The number of aromatic nitrogens is 1. The third-order valence-electron chi connectivity index (χ3n) is 3.82. The van der Waals surface area contributed by atoms with Gasteiger partial charge >= 0.3 is 0 Å². The van der Waals surface area contributed by atoms with Gasteiger partial charge in [0.05, 0.1) is 5.69 Å². The van der Waals surface area contributed by atoms with Crippen molar-refractivity contribution < 1.29 is 0 Å². The van der Waals surface area contributed by atoms with Crippen LogP contribution < -0.4 is 5.32 Å². The molecule has 0 unspecified atom stereocenters. The second-order valence-electron chi connectivity index (χ2n) is 5.74. The molecule has 1 aromatic carbocycles. The number of nitrogens with one attached hydrogen (secondary N) is 1. The molecule has 2 aromatic rings. The molecule has 1 aliphatic rings. The normalized spacial score (nSPS) is 14.6. The monoisotopic (exact) mass is 364 g/mol. The predicted octanol–water partition coefficient (Wildman–Crippen LogP) is 5.26. The largest absolute Gasteiger partial charge is 0.312 e. The summed E-state index contributed by atoms with van der Waals surface area (Å²) in [7, 11) is 0. The Balaban J connectivity index is 1.90. The minimum absolute atomic E-state index is 0.712. The van der Waals surface area contributed by atoms with E-state index in [0.717, 1.165) is 17.6 Å². The number of halogens is 1. The maximum atomic E-state index is 4.97. The summed E-state index contributed by atoms with van der Waals surface area (Å²) in [5.74, 6) is 0.712. The summed E-state index contributed by atoms with van der Waals surface area (Å²) < 4.78 is 1.13. The minimum Gasteiger partial charge on any atom is -0.312 e. The van der Waals surface area contributed by atoms with Crippen LogP contribution in [0.5, 0.6) is 0 Å². The van der Waals surface area contributed by atoms with Crippen LogP contribution in [0.3, 0.4) is 0 Å². The Labute approximate surface area is 139 Å². The Morgan fingerprint density at radius 1 is 1.38 bits per heavy atom. The van der Waals surface area contributed by atoms with E-state index in [2.05, 4.69) is 53.3 Å². The summed E-state index contributed by atoms with van der Waals surface area (Å²) in [5, 5.41) is 4.70. The molecule has 1 aliphatic carbocycles. The van der Waals surface area contributed by atoms with E-state index in [1.807, 2.05) is 11.3 Å². The number of hydrogen-bond acceptors (Lipinski definition) is 3. The van der Waals surface area contributed by atoms with Gasteiger partial charge in [-0.25, -0.2) is 4.98 Å². The van der Waals surface area contributed by atoms with Gasteiger partial charge in [0.1, 0.15) is 5.01 Å². The van der Waals surface area contributed by atoms with Gasteiger partial charge < -0.3 is 5.32 Å². The van der Waals surface area contributed by atoms with E-state index in [9.17, 15) is 0 Å². The number of benzene rings is 1. The molecule has 1 aromatic heterocycles. The van der Waals surface area contributed by atoms with Crippen LogP contribution in [0.2, 0.25) is 0 Å². The molecule has 1 N–H and O–H groups in total. The first-order chi connectivity index (χ1) is 10.2. The van der Waals surface area contributed by atoms with Crippen molar-refractivity contribution in [1.82, 2.24) is 10.3 Å². The predicted molar refractivity (Wildman–Crippen MR) is 94.0 cm³/mol. The maximum absolute atomic E-state index is 4.97. The lowest BCUT2D eigenvalue weighted by molar-refractivity contribution is 0.676. The molecule has 0 saturated heterocycles. The van der Waals surface area contributed by atoms with Gasteiger partial charge in [-0.1, -0.05) is 28.9 Å². The standard InChI is InChI=1S/C17H21BrN2S/c1-3-8-19-10-15-16(12-4-5-12)20-17(21-15)14-7-6-13(18)9-11(14)2/h6-7,9,12,19H,3-5,8,10H2,1-2H3. The number of nitrogens with zero attached hydrogens (tertiary/aromatic N) is 1. The molecule has 0 aliphatic heterocycles. The quantitative estimate of drug-likeness (QED) is 0.707. The minimum atomic E-state index is 0.712. The fourth-order valence-electron chi connectivity index (χ4n) is 2.53. The van der Waals surface area contributed by atoms with Gasteiger partial charge in [0, 0.05) is 27.4 Å². The first kappa shape index (κ1) is 15.2. The maximum Gasteiger partial charge on any atom is 0.124 e. The van der Waals surface area contributed by atoms with Crippen LogP contribution in [0, 0.1) is 6.92 Å². The van der Waals surface area contributed by atoms with Crippen LogP contribution in [0.25, 0.3) is 10.6 Å². The highest BCUT2D eigenvalue weighted by Crippen LogP contribution is 2.44. The van der Waals surface area contributed by atoms with Crippen molar-refractivity contribution in [2.45, 2.75) is 45.6 Å². The topological polar surface area (TPSA) is 24.9 Å². The average Bonchev–Trinajstić information content (AvgIpc) is 3.21. The van der Waals surface area contributed by atoms with Gasteiger partial charge in [-0.15, -0.1) is 11.3 Å². The number of hydrogen-bond donors (Lipinski definition) is 1. The molecule has 1 fully saturated rings. The Hall–Kier alpha value is -0.710. The molecule has 3 rings (SSSR count). The number of rotatable bonds is 6. The summed E-state index contributed by atoms with van der Waals surface area (Å²) in [6, 6.07) is 6.45. The molecule has 0 atom stereocenters. The molecular formula is C17H21BrN2S. The molecule has 0 radical (unpaired) electrons. The van der Waals surface area contributed by atoms with Crippen LogP contribution in [0.4, 0.5) is 0 Å². The van der Waals surface area contributed by atoms with Gasteiger partial charge in [-0.05, 0) is 50.4 Å². The highest BCUT2D eigenvalue weighted by Gasteiger charge is 2.29. The first-order valence-corrected chi connectivity index (χ1v) is 9.26. The lowest BCUT2D eigenvalue weighted by Crippen LogP contribution is -2.13. The Kier molecular flexibility index (Phi) is 4.77. The molecule has 2 nitrogen and oxygen atoms in total. The van der Waals surface area contributed by atoms with Crippen LogP contribution in [-0.4, -0.2) is 11.5 Å². The van der Waals surface area contributed by atoms with Gasteiger partial charge in [0.2, 0.25) is 0 Å². The van der Waals surface area contributed by atoms with E-state index < -0.39 is 0 Å². The zero-order valence-electron chi connectivity index (χ0n) is 12.6. The fourth-order valence-corrected chi connectivity index (χ4v) is 4.21. The Morgan fingerprint density at radius 2 is 2.19 bits per heavy atom. The molecule has 21 heavy (non-hydrogen) atoms. The van der Waals surface area contributed by atoms with Gasteiger partial charge in [0.15, 0.2) is 0 Å². The molecule has 0 bridgehead atoms. The van der Waals surface area contributed by atoms with Crippen molar-refractivity contribution >= 4 is 27.3 Å². The van der Waals surface area contributed by atoms with E-state index in [-0.39, 0.29) is 0 Å². The van der Waals surface area contributed by atoms with E-state index >= 15 is 0 Å². The number of aryl methyl sites for hydroxylation is 1. The zero-order valence-corrected chi connectivity index (χ0v) is 15.0. The van der Waals surface area contributed by atoms with E-state index in [1.165, 1.54) is 46.0 Å². The van der Waals surface area contributed by atoms with Gasteiger partial charge in [0.25, 0.3) is 0 Å². The highest BCUT2D eigenvalue weighted by molar-refractivity contribution is 9.10. The SMILES string of the molecule is CCCNCc1sc(-c2ccc(Br)cc2C)nc1C1CC1. The second kappa shape index (κ2) is 6.59. The van der Waals surface area contributed by atoms with Crippen molar-refractivity contribution in [2.75, 3.05) is 6.54 Å². The zero-order chi connectivity index (χ0) is 14.8. The summed E-state index contributed by atoms with van der Waals surface area (Å²) in [6.07, 6.45) is 3.79. The lowest BCUT2D eigenvalue weighted by Gasteiger charge is -2.02. The van der Waals surface area contributed by atoms with Crippen LogP contribution in [0.15, 0.2) is 22.7 Å². The van der Waals surface area contributed by atoms with Crippen molar-refractivity contribution in [3.8, 4) is 10.6 Å². The van der Waals surface area contributed by atoms with Gasteiger partial charge in [-0.2, -0.15) is 0 Å². The molecule has 0 spiro atoms. The Morgan fingerprint density at radius 3 is 2.86 bits per heavy atom. The van der Waals surface area contributed by atoms with Crippen molar-refractivity contribution in [3.05, 3.63) is 38.8 Å². The molecule has 4 heteroatoms. The smallest absolute Gasteiger partial charge is 0.124 e.